The molecule has 1 heterocycles. The summed E-state index contributed by atoms with van der Waals surface area (Å²) in [5.74, 6) is 0.753. The van der Waals surface area contributed by atoms with E-state index in [1.54, 1.807) is 37.3 Å². The van der Waals surface area contributed by atoms with Crippen LogP contribution in [0.15, 0.2) is 23.9 Å². The van der Waals surface area contributed by atoms with Gasteiger partial charge in [-0.25, -0.2) is 0 Å². The van der Waals surface area contributed by atoms with Crippen LogP contribution >= 0.6 is 0 Å². The second kappa shape index (κ2) is 8.38. The molecule has 2 amide bonds. The van der Waals surface area contributed by atoms with Crippen molar-refractivity contribution in [1.29, 1.82) is 0 Å². The number of likely N-dealkylation sites (tertiary alicyclic amines) is 1. The molecule has 0 radical (unpaired) electrons. The zero-order valence-electron chi connectivity index (χ0n) is 14.4. The highest BCUT2D eigenvalue weighted by Gasteiger charge is 2.21. The molecule has 6 heteroatoms. The molecule has 1 fully saturated rings. The topological polar surface area (TPSA) is 67.9 Å². The molecule has 1 aliphatic heterocycles. The molecule has 6 nitrogen and oxygen atoms in total. The van der Waals surface area contributed by atoms with Crippen LogP contribution in [0.3, 0.4) is 0 Å². The maximum absolute atomic E-state index is 12.7. The fraction of sp³-hybridized carbons (Fsp3) is 0.444. The first-order valence-electron chi connectivity index (χ1n) is 8.05. The van der Waals surface area contributed by atoms with Crippen molar-refractivity contribution in [2.75, 3.05) is 27.3 Å². The van der Waals surface area contributed by atoms with Crippen LogP contribution in [0.5, 0.6) is 11.5 Å². The van der Waals surface area contributed by atoms with Crippen LogP contribution in [-0.4, -0.2) is 44.0 Å². The number of rotatable bonds is 5. The Balaban J connectivity index is 2.30. The first kappa shape index (κ1) is 17.8. The van der Waals surface area contributed by atoms with Crippen molar-refractivity contribution in [3.63, 3.8) is 0 Å². The first-order chi connectivity index (χ1) is 11.5. The highest BCUT2D eigenvalue weighted by atomic mass is 16.5. The Hall–Kier alpha value is -2.50. The highest BCUT2D eigenvalue weighted by Crippen LogP contribution is 2.28. The van der Waals surface area contributed by atoms with Gasteiger partial charge in [-0.15, -0.1) is 0 Å². The van der Waals surface area contributed by atoms with E-state index in [-0.39, 0.29) is 17.5 Å². The van der Waals surface area contributed by atoms with Crippen LogP contribution in [0.25, 0.3) is 6.08 Å². The number of carbonyl (C=O) groups excluding carboxylic acids is 2. The normalized spacial score (nSPS) is 15.0. The maximum atomic E-state index is 12.7. The minimum Gasteiger partial charge on any atom is -0.493 e. The van der Waals surface area contributed by atoms with Crippen molar-refractivity contribution in [3.8, 4) is 11.5 Å². The summed E-state index contributed by atoms with van der Waals surface area (Å²) in [5.41, 5.74) is 1.03. The molecule has 1 aromatic carbocycles. The summed E-state index contributed by atoms with van der Waals surface area (Å²) < 4.78 is 10.5. The van der Waals surface area contributed by atoms with Crippen LogP contribution in [-0.2, 0) is 9.59 Å². The second-order valence-corrected chi connectivity index (χ2v) is 5.71. The van der Waals surface area contributed by atoms with Gasteiger partial charge in [-0.3, -0.25) is 9.59 Å². The molecular weight excluding hydrogens is 308 g/mol. The van der Waals surface area contributed by atoms with E-state index in [0.717, 1.165) is 37.9 Å². The third kappa shape index (κ3) is 4.50. The number of ether oxygens (including phenoxy) is 2. The Kier molecular flexibility index (Phi) is 6.23. The number of methoxy groups -OCH3 is 2. The smallest absolute Gasteiger partial charge is 0.270 e. The minimum atomic E-state index is -0.271. The average molecular weight is 332 g/mol. The van der Waals surface area contributed by atoms with Crippen molar-refractivity contribution in [1.82, 2.24) is 10.2 Å². The Morgan fingerprint density at radius 3 is 2.33 bits per heavy atom. The molecular formula is C18H24N2O4. The van der Waals surface area contributed by atoms with E-state index in [1.165, 1.54) is 6.92 Å². The predicted octanol–water partition coefficient (Wildman–Crippen LogP) is 2.19. The van der Waals surface area contributed by atoms with Crippen LogP contribution in [0.1, 0.15) is 31.7 Å². The Bertz CT molecular complexity index is 634. The third-order valence-corrected chi connectivity index (χ3v) is 3.90. The molecule has 1 saturated heterocycles. The number of nitrogens with zero attached hydrogens (tertiary/aromatic N) is 1. The lowest BCUT2D eigenvalue weighted by Crippen LogP contribution is -2.40. The third-order valence-electron chi connectivity index (χ3n) is 3.90. The second-order valence-electron chi connectivity index (χ2n) is 5.71. The molecule has 0 spiro atoms. The quantitative estimate of drug-likeness (QED) is 0.839. The molecule has 0 unspecified atom stereocenters. The lowest BCUT2D eigenvalue weighted by Gasteiger charge is -2.27. The molecule has 0 atom stereocenters. The molecule has 1 N–H and O–H groups in total. The average Bonchev–Trinajstić information content (AvgIpc) is 2.60. The fourth-order valence-electron chi connectivity index (χ4n) is 2.72. The predicted molar refractivity (Wildman–Crippen MR) is 91.8 cm³/mol. The van der Waals surface area contributed by atoms with Gasteiger partial charge in [0.25, 0.3) is 5.91 Å². The van der Waals surface area contributed by atoms with Crippen molar-refractivity contribution in [2.24, 2.45) is 0 Å². The number of nitrogens with one attached hydrogen (secondary N) is 1. The number of benzene rings is 1. The molecule has 0 bridgehead atoms. The van der Waals surface area contributed by atoms with Gasteiger partial charge in [0, 0.05) is 20.0 Å². The summed E-state index contributed by atoms with van der Waals surface area (Å²) in [6.07, 6.45) is 4.80. The largest absolute Gasteiger partial charge is 0.493 e. The number of hydrogen-bond acceptors (Lipinski definition) is 4. The molecule has 1 aromatic rings. The summed E-state index contributed by atoms with van der Waals surface area (Å²) in [6.45, 7) is 2.84. The van der Waals surface area contributed by atoms with E-state index in [9.17, 15) is 9.59 Å². The number of carbonyl (C=O) groups is 2. The van der Waals surface area contributed by atoms with Crippen molar-refractivity contribution < 1.29 is 19.1 Å². The molecule has 0 saturated carbocycles. The van der Waals surface area contributed by atoms with E-state index in [1.807, 2.05) is 6.07 Å². The van der Waals surface area contributed by atoms with E-state index >= 15 is 0 Å². The summed E-state index contributed by atoms with van der Waals surface area (Å²) >= 11 is 0. The maximum Gasteiger partial charge on any atom is 0.270 e. The lowest BCUT2D eigenvalue weighted by molar-refractivity contribution is -0.130. The van der Waals surface area contributed by atoms with E-state index in [0.29, 0.717) is 11.5 Å². The summed E-state index contributed by atoms with van der Waals surface area (Å²) in [7, 11) is 3.12. The first-order valence-corrected chi connectivity index (χ1v) is 8.05. The van der Waals surface area contributed by atoms with Crippen molar-refractivity contribution in [3.05, 3.63) is 29.5 Å². The van der Waals surface area contributed by atoms with Crippen LogP contribution in [0.2, 0.25) is 0 Å². The summed E-state index contributed by atoms with van der Waals surface area (Å²) in [4.78, 5) is 26.0. The lowest BCUT2D eigenvalue weighted by atomic mass is 10.1. The van der Waals surface area contributed by atoms with Gasteiger partial charge in [0.15, 0.2) is 11.5 Å². The van der Waals surface area contributed by atoms with Gasteiger partial charge >= 0.3 is 0 Å². The molecule has 1 aliphatic rings. The standard InChI is InChI=1S/C18H24N2O4/c1-13(21)19-15(18(22)20-9-5-4-6-10-20)11-14-7-8-16(23-2)17(12-14)24-3/h7-8,11-12H,4-6,9-10H2,1-3H3,(H,19,21)/b15-11+. The zero-order chi connectivity index (χ0) is 17.5. The van der Waals surface area contributed by atoms with Gasteiger partial charge in [0.05, 0.1) is 14.2 Å². The van der Waals surface area contributed by atoms with Crippen LogP contribution in [0.4, 0.5) is 0 Å². The number of amides is 2. The SMILES string of the molecule is COc1ccc(/C=C(/NC(C)=O)C(=O)N2CCCCC2)cc1OC. The van der Waals surface area contributed by atoms with Gasteiger partial charge < -0.3 is 19.7 Å². The summed E-state index contributed by atoms with van der Waals surface area (Å²) in [5, 5.41) is 2.65. The minimum absolute atomic E-state index is 0.153. The molecule has 2 rings (SSSR count). The van der Waals surface area contributed by atoms with Gasteiger partial charge in [-0.2, -0.15) is 0 Å². The van der Waals surface area contributed by atoms with Gasteiger partial charge in [0.1, 0.15) is 5.70 Å². The Morgan fingerprint density at radius 2 is 1.75 bits per heavy atom. The molecule has 24 heavy (non-hydrogen) atoms. The van der Waals surface area contributed by atoms with Crippen molar-refractivity contribution in [2.45, 2.75) is 26.2 Å². The van der Waals surface area contributed by atoms with E-state index < -0.39 is 0 Å². The monoisotopic (exact) mass is 332 g/mol. The number of piperidine rings is 1. The van der Waals surface area contributed by atoms with Gasteiger partial charge in [-0.1, -0.05) is 6.07 Å². The Labute approximate surface area is 142 Å². The molecule has 0 aliphatic carbocycles. The van der Waals surface area contributed by atoms with Gasteiger partial charge in [0.2, 0.25) is 5.91 Å². The molecule has 0 aromatic heterocycles. The van der Waals surface area contributed by atoms with Crippen LogP contribution < -0.4 is 14.8 Å². The Morgan fingerprint density at radius 1 is 1.08 bits per heavy atom. The zero-order valence-corrected chi connectivity index (χ0v) is 14.4. The highest BCUT2D eigenvalue weighted by molar-refractivity contribution is 6.01. The van der Waals surface area contributed by atoms with Gasteiger partial charge in [-0.05, 0) is 43.0 Å². The van der Waals surface area contributed by atoms with Crippen molar-refractivity contribution >= 4 is 17.9 Å². The van der Waals surface area contributed by atoms with Crippen LogP contribution in [0, 0.1) is 0 Å². The van der Waals surface area contributed by atoms with E-state index in [4.69, 9.17) is 9.47 Å². The molecule has 130 valence electrons. The summed E-state index contributed by atoms with van der Waals surface area (Å²) in [6, 6.07) is 5.35. The van der Waals surface area contributed by atoms with E-state index in [2.05, 4.69) is 5.32 Å². The number of hydrogen-bond donors (Lipinski definition) is 1. The fourth-order valence-corrected chi connectivity index (χ4v) is 2.72.